The van der Waals surface area contributed by atoms with Crippen LogP contribution in [0.25, 0.3) is 11.1 Å². The third-order valence-corrected chi connectivity index (χ3v) is 5.50. The number of esters is 1. The van der Waals surface area contributed by atoms with Gasteiger partial charge in [0.25, 0.3) is 0 Å². The van der Waals surface area contributed by atoms with E-state index < -0.39 is 5.60 Å². The van der Waals surface area contributed by atoms with E-state index in [1.807, 2.05) is 69.3 Å². The summed E-state index contributed by atoms with van der Waals surface area (Å²) in [5, 5.41) is 0.629. The molecule has 0 bridgehead atoms. The topological polar surface area (TPSA) is 55.8 Å². The van der Waals surface area contributed by atoms with Gasteiger partial charge in [0.05, 0.1) is 13.0 Å². The molecule has 160 valence electrons. The van der Waals surface area contributed by atoms with Gasteiger partial charge in [-0.2, -0.15) is 0 Å². The maximum absolute atomic E-state index is 12.9. The van der Waals surface area contributed by atoms with Gasteiger partial charge in [0.15, 0.2) is 0 Å². The van der Waals surface area contributed by atoms with E-state index in [-0.39, 0.29) is 24.0 Å². The molecule has 1 aliphatic carbocycles. The van der Waals surface area contributed by atoms with Crippen LogP contribution >= 0.6 is 11.6 Å². The zero-order valence-corrected chi connectivity index (χ0v) is 18.6. The molecule has 0 aromatic heterocycles. The van der Waals surface area contributed by atoms with Crippen LogP contribution < -0.4 is 0 Å². The number of amides is 1. The number of carbonyl (C=O) groups excluding carboxylic acids is 2. The maximum atomic E-state index is 12.9. The van der Waals surface area contributed by atoms with Gasteiger partial charge >= 0.3 is 12.1 Å². The average Bonchev–Trinajstić information content (AvgIpc) is 2.65. The van der Waals surface area contributed by atoms with Gasteiger partial charge in [0.1, 0.15) is 5.60 Å². The summed E-state index contributed by atoms with van der Waals surface area (Å²) in [7, 11) is 1.39. The highest BCUT2D eigenvalue weighted by Crippen LogP contribution is 2.35. The fourth-order valence-electron chi connectivity index (χ4n) is 3.57. The first kappa shape index (κ1) is 22.2. The van der Waals surface area contributed by atoms with E-state index in [1.165, 1.54) is 7.11 Å². The quantitative estimate of drug-likeness (QED) is 0.572. The Morgan fingerprint density at radius 3 is 2.33 bits per heavy atom. The Morgan fingerprint density at radius 2 is 1.77 bits per heavy atom. The predicted molar refractivity (Wildman–Crippen MR) is 117 cm³/mol. The van der Waals surface area contributed by atoms with Crippen molar-refractivity contribution >= 4 is 23.7 Å². The molecule has 0 aliphatic heterocycles. The van der Waals surface area contributed by atoms with Crippen molar-refractivity contribution in [2.45, 2.75) is 51.8 Å². The van der Waals surface area contributed by atoms with Crippen molar-refractivity contribution in [2.75, 3.05) is 7.11 Å². The number of ether oxygens (including phenoxy) is 2. The minimum absolute atomic E-state index is 0.0727. The molecular weight excluding hydrogens is 402 g/mol. The second-order valence-corrected chi connectivity index (χ2v) is 9.04. The van der Waals surface area contributed by atoms with Crippen molar-refractivity contribution < 1.29 is 19.1 Å². The van der Waals surface area contributed by atoms with Gasteiger partial charge in [-0.05, 0) is 50.8 Å². The van der Waals surface area contributed by atoms with Gasteiger partial charge in [-0.15, -0.1) is 0 Å². The fraction of sp³-hybridized carbons (Fsp3) is 0.417. The lowest BCUT2D eigenvalue weighted by Crippen LogP contribution is -2.50. The van der Waals surface area contributed by atoms with Crippen molar-refractivity contribution in [1.82, 2.24) is 4.90 Å². The molecule has 30 heavy (non-hydrogen) atoms. The van der Waals surface area contributed by atoms with Crippen LogP contribution in [0.3, 0.4) is 0 Å². The second kappa shape index (κ2) is 9.09. The molecule has 0 radical (unpaired) electrons. The monoisotopic (exact) mass is 429 g/mol. The Labute approximate surface area is 182 Å². The number of hydrogen-bond donors (Lipinski definition) is 0. The van der Waals surface area contributed by atoms with E-state index in [0.717, 1.165) is 16.7 Å². The molecule has 1 fully saturated rings. The molecule has 1 saturated carbocycles. The SMILES string of the molecule is COC(=O)C1CC(N(Cc2ccc(-c3ccccc3)c(Cl)c2)C(=O)OC(C)(C)C)C1. The van der Waals surface area contributed by atoms with Crippen LogP contribution in [0.5, 0.6) is 0 Å². The first-order valence-electron chi connectivity index (χ1n) is 10.1. The van der Waals surface area contributed by atoms with Gasteiger partial charge < -0.3 is 14.4 Å². The van der Waals surface area contributed by atoms with Gasteiger partial charge in [-0.25, -0.2) is 4.79 Å². The summed E-state index contributed by atoms with van der Waals surface area (Å²) in [6, 6.07) is 15.7. The van der Waals surface area contributed by atoms with Crippen LogP contribution in [0.2, 0.25) is 5.02 Å². The Bertz CT molecular complexity index is 901. The molecule has 0 atom stereocenters. The van der Waals surface area contributed by atoms with Crippen molar-refractivity contribution in [1.29, 1.82) is 0 Å². The van der Waals surface area contributed by atoms with Crippen LogP contribution in [-0.2, 0) is 20.8 Å². The molecule has 1 aliphatic rings. The summed E-state index contributed by atoms with van der Waals surface area (Å²) in [6.07, 6.45) is 0.753. The standard InChI is InChI=1S/C24H28ClNO4/c1-24(2,3)30-23(28)26(19-13-18(14-19)22(27)29-4)15-16-10-11-20(21(25)12-16)17-8-6-5-7-9-17/h5-12,18-19H,13-15H2,1-4H3. The lowest BCUT2D eigenvalue weighted by atomic mass is 9.79. The van der Waals surface area contributed by atoms with E-state index in [1.54, 1.807) is 4.90 Å². The maximum Gasteiger partial charge on any atom is 0.410 e. The Morgan fingerprint density at radius 1 is 1.10 bits per heavy atom. The molecule has 3 rings (SSSR count). The summed E-state index contributed by atoms with van der Waals surface area (Å²) in [5.41, 5.74) is 2.29. The fourth-order valence-corrected chi connectivity index (χ4v) is 3.88. The van der Waals surface area contributed by atoms with Crippen LogP contribution in [0.15, 0.2) is 48.5 Å². The number of hydrogen-bond acceptors (Lipinski definition) is 4. The van der Waals surface area contributed by atoms with Crippen molar-refractivity contribution in [3.63, 3.8) is 0 Å². The number of halogens is 1. The molecule has 1 amide bonds. The number of rotatable bonds is 5. The number of nitrogens with zero attached hydrogens (tertiary/aromatic N) is 1. The third-order valence-electron chi connectivity index (χ3n) is 5.19. The third kappa shape index (κ3) is 5.33. The Hall–Kier alpha value is -2.53. The predicted octanol–water partition coefficient (Wildman–Crippen LogP) is 5.70. The molecule has 0 heterocycles. The summed E-state index contributed by atoms with van der Waals surface area (Å²) in [4.78, 5) is 26.3. The largest absolute Gasteiger partial charge is 0.469 e. The summed E-state index contributed by atoms with van der Waals surface area (Å²) in [5.74, 6) is -0.403. The number of methoxy groups -OCH3 is 1. The first-order chi connectivity index (χ1) is 14.2. The van der Waals surface area contributed by atoms with E-state index in [2.05, 4.69) is 0 Å². The molecular formula is C24H28ClNO4. The summed E-state index contributed by atoms with van der Waals surface area (Å²) >= 11 is 6.55. The lowest BCUT2D eigenvalue weighted by Gasteiger charge is -2.42. The molecule has 0 N–H and O–H groups in total. The van der Waals surface area contributed by atoms with Crippen molar-refractivity contribution in [3.05, 3.63) is 59.1 Å². The first-order valence-corrected chi connectivity index (χ1v) is 10.5. The summed E-state index contributed by atoms with van der Waals surface area (Å²) < 4.78 is 10.4. The average molecular weight is 430 g/mol. The zero-order valence-electron chi connectivity index (χ0n) is 17.9. The highest BCUT2D eigenvalue weighted by molar-refractivity contribution is 6.33. The number of benzene rings is 2. The van der Waals surface area contributed by atoms with Gasteiger partial charge in [0.2, 0.25) is 0 Å². The van der Waals surface area contributed by atoms with Crippen molar-refractivity contribution in [3.8, 4) is 11.1 Å². The highest BCUT2D eigenvalue weighted by Gasteiger charge is 2.41. The lowest BCUT2D eigenvalue weighted by molar-refractivity contribution is -0.150. The molecule has 5 nitrogen and oxygen atoms in total. The smallest absolute Gasteiger partial charge is 0.410 e. The van der Waals surface area contributed by atoms with Crippen LogP contribution in [0, 0.1) is 5.92 Å². The summed E-state index contributed by atoms with van der Waals surface area (Å²) in [6.45, 7) is 5.88. The Balaban J connectivity index is 1.78. The Kier molecular flexibility index (Phi) is 6.71. The van der Waals surface area contributed by atoms with Gasteiger partial charge in [-0.1, -0.05) is 54.1 Å². The number of carbonyl (C=O) groups is 2. The highest BCUT2D eigenvalue weighted by atomic mass is 35.5. The molecule has 2 aromatic rings. The molecule has 0 saturated heterocycles. The molecule has 6 heteroatoms. The zero-order chi connectivity index (χ0) is 21.9. The van der Waals surface area contributed by atoms with Crippen LogP contribution in [0.4, 0.5) is 4.79 Å². The van der Waals surface area contributed by atoms with Crippen LogP contribution in [-0.4, -0.2) is 35.7 Å². The van der Waals surface area contributed by atoms with E-state index in [9.17, 15) is 9.59 Å². The second-order valence-electron chi connectivity index (χ2n) is 8.63. The normalized spacial score (nSPS) is 18.3. The van der Waals surface area contributed by atoms with E-state index >= 15 is 0 Å². The van der Waals surface area contributed by atoms with Gasteiger partial charge in [0, 0.05) is 23.2 Å². The van der Waals surface area contributed by atoms with Gasteiger partial charge in [-0.3, -0.25) is 4.79 Å². The molecule has 2 aromatic carbocycles. The van der Waals surface area contributed by atoms with E-state index in [4.69, 9.17) is 21.1 Å². The van der Waals surface area contributed by atoms with E-state index in [0.29, 0.717) is 24.4 Å². The minimum Gasteiger partial charge on any atom is -0.469 e. The molecule has 0 spiro atoms. The van der Waals surface area contributed by atoms with Crippen molar-refractivity contribution in [2.24, 2.45) is 5.92 Å². The molecule has 0 unspecified atom stereocenters. The van der Waals surface area contributed by atoms with Crippen LogP contribution in [0.1, 0.15) is 39.2 Å². The minimum atomic E-state index is -0.602.